The minimum absolute atomic E-state index is 0.0434. The molecule has 0 bridgehead atoms. The van der Waals surface area contributed by atoms with Crippen LogP contribution in [-0.2, 0) is 0 Å². The first-order valence-corrected chi connectivity index (χ1v) is 4.54. The molecule has 1 heterocycles. The quantitative estimate of drug-likeness (QED) is 0.735. The Labute approximate surface area is 70.2 Å². The van der Waals surface area contributed by atoms with Gasteiger partial charge in [0, 0.05) is 6.54 Å². The lowest BCUT2D eigenvalue weighted by atomic mass is 10.4. The molecule has 0 fully saturated rings. The molecule has 0 saturated heterocycles. The summed E-state index contributed by atoms with van der Waals surface area (Å²) < 4.78 is 0. The molecule has 1 rings (SSSR count). The van der Waals surface area contributed by atoms with Crippen LogP contribution in [0.3, 0.4) is 0 Å². The molecule has 1 N–H and O–H groups in total. The lowest BCUT2D eigenvalue weighted by Gasteiger charge is -1.98. The molecular formula is C8H11NOS. The zero-order valence-corrected chi connectivity index (χ0v) is 7.28. The van der Waals surface area contributed by atoms with Crippen molar-refractivity contribution < 1.29 is 4.79 Å². The van der Waals surface area contributed by atoms with E-state index in [2.05, 4.69) is 5.32 Å². The minimum atomic E-state index is 0.0434. The number of hydrogen-bond acceptors (Lipinski definition) is 2. The van der Waals surface area contributed by atoms with Crippen LogP contribution in [0.2, 0.25) is 0 Å². The standard InChI is InChI=1S/C8H11NOS/c1-2-5-9-8(10)7-4-3-6-11-7/h3-4,6H,2,5H2,1H3,(H,9,10). The van der Waals surface area contributed by atoms with E-state index in [0.717, 1.165) is 17.8 Å². The van der Waals surface area contributed by atoms with Gasteiger partial charge >= 0.3 is 0 Å². The summed E-state index contributed by atoms with van der Waals surface area (Å²) in [4.78, 5) is 12.0. The van der Waals surface area contributed by atoms with Gasteiger partial charge < -0.3 is 5.32 Å². The Morgan fingerprint density at radius 2 is 2.55 bits per heavy atom. The summed E-state index contributed by atoms with van der Waals surface area (Å²) in [5, 5.41) is 4.71. The second-order valence-electron chi connectivity index (χ2n) is 2.23. The van der Waals surface area contributed by atoms with Crippen LogP contribution in [-0.4, -0.2) is 12.5 Å². The van der Waals surface area contributed by atoms with Crippen molar-refractivity contribution in [3.8, 4) is 0 Å². The average molecular weight is 169 g/mol. The Balaban J connectivity index is 2.43. The maximum Gasteiger partial charge on any atom is 0.261 e. The zero-order valence-electron chi connectivity index (χ0n) is 6.46. The lowest BCUT2D eigenvalue weighted by molar-refractivity contribution is 0.0957. The highest BCUT2D eigenvalue weighted by Crippen LogP contribution is 2.07. The predicted octanol–water partition coefficient (Wildman–Crippen LogP) is 1.89. The fourth-order valence-electron chi connectivity index (χ4n) is 0.733. The van der Waals surface area contributed by atoms with Crippen molar-refractivity contribution in [3.05, 3.63) is 22.4 Å². The van der Waals surface area contributed by atoms with Crippen molar-refractivity contribution in [3.63, 3.8) is 0 Å². The Bertz CT molecular complexity index is 218. The first-order valence-electron chi connectivity index (χ1n) is 3.66. The molecule has 2 nitrogen and oxygen atoms in total. The van der Waals surface area contributed by atoms with Gasteiger partial charge in [-0.1, -0.05) is 13.0 Å². The van der Waals surface area contributed by atoms with Crippen LogP contribution in [0, 0.1) is 0 Å². The first-order chi connectivity index (χ1) is 5.34. The summed E-state index contributed by atoms with van der Waals surface area (Å²) in [6.07, 6.45) is 0.983. The molecule has 1 aromatic rings. The van der Waals surface area contributed by atoms with Crippen LogP contribution in [0.1, 0.15) is 23.0 Å². The van der Waals surface area contributed by atoms with Crippen LogP contribution in [0.5, 0.6) is 0 Å². The molecule has 3 heteroatoms. The summed E-state index contributed by atoms with van der Waals surface area (Å²) >= 11 is 1.47. The Morgan fingerprint density at radius 1 is 1.73 bits per heavy atom. The Hall–Kier alpha value is -0.830. The van der Waals surface area contributed by atoms with Gasteiger partial charge in [-0.25, -0.2) is 0 Å². The van der Waals surface area contributed by atoms with Crippen LogP contribution in [0.4, 0.5) is 0 Å². The van der Waals surface area contributed by atoms with Crippen LogP contribution in [0.25, 0.3) is 0 Å². The van der Waals surface area contributed by atoms with E-state index in [9.17, 15) is 4.79 Å². The van der Waals surface area contributed by atoms with Gasteiger partial charge in [0.05, 0.1) is 4.88 Å². The molecule has 0 saturated carbocycles. The van der Waals surface area contributed by atoms with Gasteiger partial charge in [-0.2, -0.15) is 0 Å². The number of amides is 1. The smallest absolute Gasteiger partial charge is 0.261 e. The van der Waals surface area contributed by atoms with Crippen molar-refractivity contribution in [2.24, 2.45) is 0 Å². The van der Waals surface area contributed by atoms with E-state index in [1.54, 1.807) is 0 Å². The van der Waals surface area contributed by atoms with E-state index in [4.69, 9.17) is 0 Å². The zero-order chi connectivity index (χ0) is 8.10. The monoisotopic (exact) mass is 169 g/mol. The molecule has 1 amide bonds. The highest BCUT2D eigenvalue weighted by atomic mass is 32.1. The maximum absolute atomic E-state index is 11.2. The number of rotatable bonds is 3. The number of hydrogen-bond donors (Lipinski definition) is 1. The fourth-order valence-corrected chi connectivity index (χ4v) is 1.37. The molecule has 60 valence electrons. The van der Waals surface area contributed by atoms with Crippen molar-refractivity contribution in [2.75, 3.05) is 6.54 Å². The molecule has 0 radical (unpaired) electrons. The number of carbonyl (C=O) groups is 1. The number of carbonyl (C=O) groups excluding carboxylic acids is 1. The maximum atomic E-state index is 11.2. The van der Waals surface area contributed by atoms with E-state index in [-0.39, 0.29) is 5.91 Å². The highest BCUT2D eigenvalue weighted by molar-refractivity contribution is 7.12. The fraction of sp³-hybridized carbons (Fsp3) is 0.375. The molecule has 0 atom stereocenters. The van der Waals surface area contributed by atoms with E-state index < -0.39 is 0 Å². The van der Waals surface area contributed by atoms with Gasteiger partial charge in [0.25, 0.3) is 5.91 Å². The van der Waals surface area contributed by atoms with Crippen LogP contribution < -0.4 is 5.32 Å². The second-order valence-corrected chi connectivity index (χ2v) is 3.18. The van der Waals surface area contributed by atoms with Gasteiger partial charge in [-0.05, 0) is 17.9 Å². The first kappa shape index (κ1) is 8.27. The minimum Gasteiger partial charge on any atom is -0.351 e. The van der Waals surface area contributed by atoms with Gasteiger partial charge in [0.1, 0.15) is 0 Å². The van der Waals surface area contributed by atoms with Crippen molar-refractivity contribution in [1.29, 1.82) is 0 Å². The van der Waals surface area contributed by atoms with E-state index in [0.29, 0.717) is 0 Å². The van der Waals surface area contributed by atoms with Gasteiger partial charge in [0.2, 0.25) is 0 Å². The van der Waals surface area contributed by atoms with Gasteiger partial charge in [-0.15, -0.1) is 11.3 Å². The van der Waals surface area contributed by atoms with Gasteiger partial charge in [-0.3, -0.25) is 4.79 Å². The summed E-state index contributed by atoms with van der Waals surface area (Å²) in [7, 11) is 0. The summed E-state index contributed by atoms with van der Waals surface area (Å²) in [5.41, 5.74) is 0. The van der Waals surface area contributed by atoms with Crippen LogP contribution in [0.15, 0.2) is 17.5 Å². The molecule has 0 aliphatic rings. The molecular weight excluding hydrogens is 158 g/mol. The predicted molar refractivity (Wildman–Crippen MR) is 46.9 cm³/mol. The average Bonchev–Trinajstić information content (AvgIpc) is 2.52. The number of nitrogens with one attached hydrogen (secondary N) is 1. The van der Waals surface area contributed by atoms with Crippen molar-refractivity contribution in [2.45, 2.75) is 13.3 Å². The lowest BCUT2D eigenvalue weighted by Crippen LogP contribution is -2.22. The molecule has 0 unspecified atom stereocenters. The van der Waals surface area contributed by atoms with E-state index in [1.807, 2.05) is 24.4 Å². The normalized spacial score (nSPS) is 9.55. The Morgan fingerprint density at radius 3 is 3.09 bits per heavy atom. The highest BCUT2D eigenvalue weighted by Gasteiger charge is 2.02. The molecule has 0 spiro atoms. The molecule has 0 aromatic carbocycles. The third kappa shape index (κ3) is 2.35. The topological polar surface area (TPSA) is 29.1 Å². The van der Waals surface area contributed by atoms with Crippen LogP contribution >= 0.6 is 11.3 Å². The second kappa shape index (κ2) is 4.13. The third-order valence-corrected chi connectivity index (χ3v) is 2.15. The van der Waals surface area contributed by atoms with E-state index >= 15 is 0 Å². The van der Waals surface area contributed by atoms with Crippen molar-refractivity contribution in [1.82, 2.24) is 5.32 Å². The Kier molecular flexibility index (Phi) is 3.11. The molecule has 1 aromatic heterocycles. The summed E-state index contributed by atoms with van der Waals surface area (Å²) in [6.45, 7) is 2.80. The SMILES string of the molecule is CCCNC(=O)c1cccs1. The largest absolute Gasteiger partial charge is 0.351 e. The summed E-state index contributed by atoms with van der Waals surface area (Å²) in [5.74, 6) is 0.0434. The van der Waals surface area contributed by atoms with E-state index in [1.165, 1.54) is 11.3 Å². The third-order valence-electron chi connectivity index (χ3n) is 1.28. The molecule has 11 heavy (non-hydrogen) atoms. The molecule has 0 aliphatic carbocycles. The number of thiophene rings is 1. The summed E-state index contributed by atoms with van der Waals surface area (Å²) in [6, 6.07) is 3.71. The van der Waals surface area contributed by atoms with Crippen molar-refractivity contribution >= 4 is 17.2 Å². The van der Waals surface area contributed by atoms with Gasteiger partial charge in [0.15, 0.2) is 0 Å². The molecule has 0 aliphatic heterocycles.